The molecule has 1 fully saturated rings. The van der Waals surface area contributed by atoms with Crippen molar-refractivity contribution >= 4 is 16.1 Å². The molecule has 0 aliphatic carbocycles. The van der Waals surface area contributed by atoms with Crippen LogP contribution in [0.25, 0.3) is 5.32 Å². The molecule has 0 unspecified atom stereocenters. The molecule has 0 aromatic heterocycles. The van der Waals surface area contributed by atoms with Crippen molar-refractivity contribution in [3.63, 3.8) is 0 Å². The molecule has 4 nitrogen and oxygen atoms in total. The van der Waals surface area contributed by atoms with Crippen molar-refractivity contribution in [1.82, 2.24) is 14.7 Å². The fourth-order valence-corrected chi connectivity index (χ4v) is 2.05. The van der Waals surface area contributed by atoms with Gasteiger partial charge in [-0.15, -0.1) is 28.2 Å². The summed E-state index contributed by atoms with van der Waals surface area (Å²) in [7, 11) is 2.72. The molecule has 1 heterocycles. The summed E-state index contributed by atoms with van der Waals surface area (Å²) in [6, 6.07) is 0. The number of hydrogen-bond donors (Lipinski definition) is 0. The molecule has 7 heteroatoms. The van der Waals surface area contributed by atoms with Crippen molar-refractivity contribution in [3.8, 4) is 0 Å². The van der Waals surface area contributed by atoms with Gasteiger partial charge in [0.25, 0.3) is 0 Å². The van der Waals surface area contributed by atoms with Gasteiger partial charge in [0.05, 0.1) is 0 Å². The Labute approximate surface area is 220 Å². The minimum absolute atomic E-state index is 0. The summed E-state index contributed by atoms with van der Waals surface area (Å²) in [4.78, 5) is 7.40. The summed E-state index contributed by atoms with van der Waals surface area (Å²) in [5, 5.41) is 4.70. The second kappa shape index (κ2) is 17.1. The van der Waals surface area contributed by atoms with Crippen LogP contribution in [0.5, 0.6) is 0 Å². The van der Waals surface area contributed by atoms with Crippen LogP contribution in [-0.2, 0) is 0 Å². The third-order valence-electron chi connectivity index (χ3n) is 3.46. The van der Waals surface area contributed by atoms with Crippen molar-refractivity contribution in [2.45, 2.75) is 65.6 Å². The standard InChI is InChI=1S/C14H31N4.2C4H11Si.Nd/c1-14(2,3)15-6-7-18-12-10-16(4)8-9-17(5)11-13-18;2*1-5(2,3)4;/h6-13H2,1-5H3;2*1H2,2-4H3;/q3*-1;+3. The van der Waals surface area contributed by atoms with Crippen molar-refractivity contribution in [2.75, 3.05) is 66.5 Å². The molecule has 1 aliphatic heterocycles. The maximum absolute atomic E-state index is 4.70. The van der Waals surface area contributed by atoms with Crippen LogP contribution in [0.4, 0.5) is 0 Å². The minimum Gasteiger partial charge on any atom is -0.656 e. The van der Waals surface area contributed by atoms with Crippen LogP contribution in [0.3, 0.4) is 0 Å². The molecule has 0 spiro atoms. The molecule has 1 saturated heterocycles. The van der Waals surface area contributed by atoms with E-state index in [4.69, 9.17) is 5.32 Å². The molecular weight excluding hydrogens is 521 g/mol. The molecule has 1 radical (unpaired) electrons. The number of rotatable bonds is 3. The molecule has 0 amide bonds. The van der Waals surface area contributed by atoms with E-state index in [-0.39, 0.29) is 46.4 Å². The Hall–Kier alpha value is 1.62. The Morgan fingerprint density at radius 1 is 0.724 bits per heavy atom. The van der Waals surface area contributed by atoms with E-state index in [0.29, 0.717) is 0 Å². The first kappa shape index (κ1) is 35.2. The van der Waals surface area contributed by atoms with E-state index < -0.39 is 16.1 Å². The van der Waals surface area contributed by atoms with Crippen molar-refractivity contribution in [1.29, 1.82) is 0 Å². The molecule has 173 valence electrons. The van der Waals surface area contributed by atoms with Crippen LogP contribution >= 0.6 is 0 Å². The average molecular weight is 574 g/mol. The Morgan fingerprint density at radius 2 is 1.00 bits per heavy atom. The van der Waals surface area contributed by atoms with Crippen LogP contribution in [0.2, 0.25) is 39.3 Å². The monoisotopic (exact) mass is 571 g/mol. The second-order valence-corrected chi connectivity index (χ2v) is 21.9. The average Bonchev–Trinajstić information content (AvgIpc) is 2.48. The molecular formula is C22H53N4NdSi2. The van der Waals surface area contributed by atoms with E-state index in [2.05, 4.69) is 102 Å². The Morgan fingerprint density at radius 3 is 1.28 bits per heavy atom. The Kier molecular flexibility index (Phi) is 20.8. The fourth-order valence-electron chi connectivity index (χ4n) is 2.05. The summed E-state index contributed by atoms with van der Waals surface area (Å²) >= 11 is 0. The van der Waals surface area contributed by atoms with Crippen LogP contribution < -0.4 is 0 Å². The van der Waals surface area contributed by atoms with Gasteiger partial charge in [-0.25, -0.2) is 0 Å². The first-order valence-electron chi connectivity index (χ1n) is 10.9. The van der Waals surface area contributed by atoms with Crippen LogP contribution in [0.1, 0.15) is 20.8 Å². The largest absolute Gasteiger partial charge is 3.00 e. The van der Waals surface area contributed by atoms with Crippen molar-refractivity contribution < 1.29 is 40.8 Å². The molecule has 0 atom stereocenters. The summed E-state index contributed by atoms with van der Waals surface area (Å²) in [5.41, 5.74) is 0.104. The van der Waals surface area contributed by atoms with E-state index in [0.717, 1.165) is 13.1 Å². The zero-order valence-corrected chi connectivity index (χ0v) is 27.1. The summed E-state index contributed by atoms with van der Waals surface area (Å²) in [6.07, 6.45) is 0. The number of likely N-dealkylation sites (N-methyl/N-ethyl adjacent to an activating group) is 2. The summed E-state index contributed by atoms with van der Waals surface area (Å²) in [6.45, 7) is 36.7. The second-order valence-electron chi connectivity index (χ2n) is 11.6. The smallest absolute Gasteiger partial charge is 0.656 e. The van der Waals surface area contributed by atoms with Gasteiger partial charge >= 0.3 is 40.8 Å². The van der Waals surface area contributed by atoms with Gasteiger partial charge in [-0.2, -0.15) is 0 Å². The topological polar surface area (TPSA) is 23.8 Å². The normalized spacial score (nSPS) is 18.1. The first-order valence-corrected chi connectivity index (χ1v) is 18.3. The predicted molar refractivity (Wildman–Crippen MR) is 137 cm³/mol. The molecule has 1 aliphatic rings. The van der Waals surface area contributed by atoms with E-state index in [1.807, 2.05) is 0 Å². The SMILES string of the molecule is CN1CCN(C)CCN(CC[N-]C(C)(C)C)CC1.[CH2-][Si](C)(C)C.[CH2-][Si](C)(C)C.[Nd+3]. The maximum atomic E-state index is 4.70. The van der Waals surface area contributed by atoms with Gasteiger partial charge in [0.2, 0.25) is 0 Å². The van der Waals surface area contributed by atoms with E-state index in [9.17, 15) is 0 Å². The summed E-state index contributed by atoms with van der Waals surface area (Å²) < 4.78 is 0. The minimum atomic E-state index is -0.861. The van der Waals surface area contributed by atoms with Gasteiger partial charge in [-0.05, 0) is 20.6 Å². The molecule has 0 aromatic carbocycles. The summed E-state index contributed by atoms with van der Waals surface area (Å²) in [5.74, 6) is 0. The Balaban J connectivity index is -0.000000512. The molecule has 0 N–H and O–H groups in total. The van der Waals surface area contributed by atoms with Gasteiger partial charge < -0.3 is 33.1 Å². The van der Waals surface area contributed by atoms with Crippen LogP contribution in [0, 0.1) is 53.9 Å². The fraction of sp³-hybridized carbons (Fsp3) is 0.909. The van der Waals surface area contributed by atoms with E-state index in [1.165, 1.54) is 39.3 Å². The van der Waals surface area contributed by atoms with E-state index >= 15 is 0 Å². The molecule has 0 aromatic rings. The van der Waals surface area contributed by atoms with Crippen LogP contribution in [0.15, 0.2) is 0 Å². The van der Waals surface area contributed by atoms with Gasteiger partial charge in [-0.3, -0.25) is 0 Å². The Bertz CT molecular complexity index is 338. The maximum Gasteiger partial charge on any atom is 3.00 e. The van der Waals surface area contributed by atoms with Crippen LogP contribution in [-0.4, -0.2) is 103 Å². The van der Waals surface area contributed by atoms with Gasteiger partial charge in [0.1, 0.15) is 0 Å². The zero-order chi connectivity index (χ0) is 22.6. The first-order chi connectivity index (χ1) is 12.4. The van der Waals surface area contributed by atoms with E-state index in [1.54, 1.807) is 0 Å². The number of nitrogens with zero attached hydrogens (tertiary/aromatic N) is 4. The molecule has 0 saturated carbocycles. The van der Waals surface area contributed by atoms with Crippen molar-refractivity contribution in [2.24, 2.45) is 0 Å². The number of hydrogen-bond acceptors (Lipinski definition) is 3. The van der Waals surface area contributed by atoms with Gasteiger partial charge in [-0.1, -0.05) is 60.1 Å². The quantitative estimate of drug-likeness (QED) is 0.360. The van der Waals surface area contributed by atoms with Crippen molar-refractivity contribution in [3.05, 3.63) is 18.4 Å². The third-order valence-corrected chi connectivity index (χ3v) is 3.46. The zero-order valence-electron chi connectivity index (χ0n) is 21.9. The molecule has 29 heavy (non-hydrogen) atoms. The molecule has 1 rings (SSSR count). The molecule has 0 bridgehead atoms. The van der Waals surface area contributed by atoms with Gasteiger partial charge in [0, 0.05) is 39.3 Å². The third kappa shape index (κ3) is 40.5. The van der Waals surface area contributed by atoms with Gasteiger partial charge in [0.15, 0.2) is 0 Å². The predicted octanol–water partition coefficient (Wildman–Crippen LogP) is 4.73.